The molecule has 0 aromatic heterocycles. The molecule has 0 heterocycles. The van der Waals surface area contributed by atoms with Crippen molar-refractivity contribution in [2.24, 2.45) is 0 Å². The number of halogens is 2. The van der Waals surface area contributed by atoms with Gasteiger partial charge in [0.1, 0.15) is 11.6 Å². The van der Waals surface area contributed by atoms with Crippen LogP contribution in [0, 0.1) is 11.6 Å². The number of hydrogen-bond acceptors (Lipinski definition) is 3. The molecule has 15 heavy (non-hydrogen) atoms. The average molecular weight is 231 g/mol. The fourth-order valence-electron chi connectivity index (χ4n) is 1.17. The van der Waals surface area contributed by atoms with Crippen LogP contribution in [0.5, 0.6) is 0 Å². The Morgan fingerprint density at radius 3 is 2.67 bits per heavy atom. The molecule has 0 aliphatic heterocycles. The lowest BCUT2D eigenvalue weighted by molar-refractivity contribution is 0.0988. The van der Waals surface area contributed by atoms with Crippen LogP contribution < -0.4 is 5.32 Å². The number of carbonyl (C=O) groups is 1. The number of rotatable bonds is 4. The average Bonchev–Trinajstić information content (AvgIpc) is 2.21. The summed E-state index contributed by atoms with van der Waals surface area (Å²) >= 11 is 1.07. The minimum Gasteiger partial charge on any atom is -0.313 e. The molecule has 0 radical (unpaired) electrons. The Balaban J connectivity index is 3.17. The summed E-state index contributed by atoms with van der Waals surface area (Å²) in [5, 5.41) is 2.60. The fraction of sp³-hybridized carbons (Fsp3) is 0.300. The Morgan fingerprint density at radius 1 is 1.47 bits per heavy atom. The van der Waals surface area contributed by atoms with Gasteiger partial charge in [0.2, 0.25) is 0 Å². The van der Waals surface area contributed by atoms with Crippen molar-refractivity contribution in [3.05, 3.63) is 29.3 Å². The number of hydrogen-bond donors (Lipinski definition) is 1. The van der Waals surface area contributed by atoms with E-state index in [2.05, 4.69) is 5.32 Å². The predicted octanol–water partition coefficient (Wildman–Crippen LogP) is 2.09. The zero-order valence-corrected chi connectivity index (χ0v) is 9.25. The first-order valence-corrected chi connectivity index (χ1v) is 5.53. The van der Waals surface area contributed by atoms with Gasteiger partial charge in [0.15, 0.2) is 5.78 Å². The van der Waals surface area contributed by atoms with Crippen LogP contribution in [0.15, 0.2) is 17.0 Å². The van der Waals surface area contributed by atoms with Crippen molar-refractivity contribution in [3.8, 4) is 0 Å². The SMILES string of the molecule is CNCC(=O)c1cc(F)cc(SC)c1F. The topological polar surface area (TPSA) is 29.1 Å². The molecule has 0 amide bonds. The van der Waals surface area contributed by atoms with Gasteiger partial charge in [-0.1, -0.05) is 0 Å². The van der Waals surface area contributed by atoms with Crippen LogP contribution in [0.2, 0.25) is 0 Å². The van der Waals surface area contributed by atoms with Crippen molar-refractivity contribution in [2.75, 3.05) is 19.8 Å². The van der Waals surface area contributed by atoms with Crippen LogP contribution in [0.4, 0.5) is 8.78 Å². The minimum absolute atomic E-state index is 0.00576. The van der Waals surface area contributed by atoms with Crippen LogP contribution in [0.25, 0.3) is 0 Å². The molecule has 0 bridgehead atoms. The van der Waals surface area contributed by atoms with Crippen LogP contribution in [-0.2, 0) is 0 Å². The predicted molar refractivity (Wildman–Crippen MR) is 56.4 cm³/mol. The van der Waals surface area contributed by atoms with Crippen molar-refractivity contribution in [1.82, 2.24) is 5.32 Å². The molecule has 0 saturated carbocycles. The number of Topliss-reactive ketones (excluding diaryl/α,β-unsaturated/α-hetero) is 1. The summed E-state index contributed by atoms with van der Waals surface area (Å²) in [5.74, 6) is -1.70. The summed E-state index contributed by atoms with van der Waals surface area (Å²) in [6.45, 7) is -0.00576. The first-order chi connectivity index (χ1) is 7.10. The van der Waals surface area contributed by atoms with Gasteiger partial charge < -0.3 is 5.32 Å². The first kappa shape index (κ1) is 12.1. The van der Waals surface area contributed by atoms with E-state index in [1.807, 2.05) is 0 Å². The van der Waals surface area contributed by atoms with E-state index in [0.29, 0.717) is 0 Å². The molecule has 2 nitrogen and oxygen atoms in total. The number of thioether (sulfide) groups is 1. The van der Waals surface area contributed by atoms with Gasteiger partial charge in [0, 0.05) is 4.90 Å². The highest BCUT2D eigenvalue weighted by atomic mass is 32.2. The van der Waals surface area contributed by atoms with Crippen molar-refractivity contribution in [1.29, 1.82) is 0 Å². The molecule has 1 N–H and O–H groups in total. The van der Waals surface area contributed by atoms with Gasteiger partial charge in [-0.3, -0.25) is 4.79 Å². The van der Waals surface area contributed by atoms with Gasteiger partial charge in [0.25, 0.3) is 0 Å². The van der Waals surface area contributed by atoms with Gasteiger partial charge in [0.05, 0.1) is 12.1 Å². The standard InChI is InChI=1S/C10H11F2NOS/c1-13-5-8(14)7-3-6(11)4-9(15-2)10(7)12/h3-4,13H,5H2,1-2H3. The second-order valence-corrected chi connectivity index (χ2v) is 3.77. The molecule has 1 aromatic rings. The second-order valence-electron chi connectivity index (χ2n) is 2.92. The molecule has 0 spiro atoms. The van der Waals surface area contributed by atoms with Crippen molar-refractivity contribution in [3.63, 3.8) is 0 Å². The molecule has 1 rings (SSSR count). The van der Waals surface area contributed by atoms with Gasteiger partial charge in [-0.05, 0) is 25.4 Å². The van der Waals surface area contributed by atoms with Crippen LogP contribution in [0.3, 0.4) is 0 Å². The van der Waals surface area contributed by atoms with E-state index >= 15 is 0 Å². The van der Waals surface area contributed by atoms with E-state index in [1.54, 1.807) is 13.3 Å². The third-order valence-corrected chi connectivity index (χ3v) is 2.60. The number of ketones is 1. The van der Waals surface area contributed by atoms with E-state index in [9.17, 15) is 13.6 Å². The number of likely N-dealkylation sites (N-methyl/N-ethyl adjacent to an activating group) is 1. The van der Waals surface area contributed by atoms with Gasteiger partial charge in [-0.25, -0.2) is 8.78 Å². The molecule has 1 aromatic carbocycles. The van der Waals surface area contributed by atoms with E-state index in [1.165, 1.54) is 0 Å². The maximum Gasteiger partial charge on any atom is 0.179 e. The number of nitrogens with one attached hydrogen (secondary N) is 1. The molecule has 0 saturated heterocycles. The van der Waals surface area contributed by atoms with Crippen molar-refractivity contribution in [2.45, 2.75) is 4.90 Å². The summed E-state index contributed by atoms with van der Waals surface area (Å²) < 4.78 is 26.6. The lowest BCUT2D eigenvalue weighted by Gasteiger charge is -2.06. The fourth-order valence-corrected chi connectivity index (χ4v) is 1.69. The molecule has 0 aliphatic rings. The normalized spacial score (nSPS) is 10.4. The summed E-state index contributed by atoms with van der Waals surface area (Å²) in [6.07, 6.45) is 1.63. The van der Waals surface area contributed by atoms with E-state index in [0.717, 1.165) is 23.9 Å². The zero-order chi connectivity index (χ0) is 11.4. The quantitative estimate of drug-likeness (QED) is 0.635. The van der Waals surface area contributed by atoms with Gasteiger partial charge in [-0.2, -0.15) is 0 Å². The third kappa shape index (κ3) is 2.76. The smallest absolute Gasteiger partial charge is 0.179 e. The Bertz CT molecular complexity index is 382. The highest BCUT2D eigenvalue weighted by Crippen LogP contribution is 2.23. The van der Waals surface area contributed by atoms with E-state index in [-0.39, 0.29) is 17.0 Å². The summed E-state index contributed by atoms with van der Waals surface area (Å²) in [4.78, 5) is 11.6. The molecular weight excluding hydrogens is 220 g/mol. The molecule has 5 heteroatoms. The Kier molecular flexibility index (Phi) is 4.23. The molecule has 0 aliphatic carbocycles. The maximum atomic E-state index is 13.6. The molecule has 0 atom stereocenters. The zero-order valence-electron chi connectivity index (χ0n) is 8.43. The van der Waals surface area contributed by atoms with Crippen molar-refractivity contribution >= 4 is 17.5 Å². The van der Waals surface area contributed by atoms with Crippen LogP contribution >= 0.6 is 11.8 Å². The summed E-state index contributed by atoms with van der Waals surface area (Å²) in [7, 11) is 1.57. The molecule has 82 valence electrons. The molecule has 0 fully saturated rings. The van der Waals surface area contributed by atoms with E-state index < -0.39 is 17.4 Å². The van der Waals surface area contributed by atoms with Gasteiger partial charge >= 0.3 is 0 Å². The third-order valence-electron chi connectivity index (χ3n) is 1.86. The number of benzene rings is 1. The maximum absolute atomic E-state index is 13.6. The Labute approximate surface area is 91.1 Å². The Hall–Kier alpha value is -0.940. The van der Waals surface area contributed by atoms with Crippen LogP contribution in [-0.4, -0.2) is 25.6 Å². The van der Waals surface area contributed by atoms with Crippen molar-refractivity contribution < 1.29 is 13.6 Å². The van der Waals surface area contributed by atoms with E-state index in [4.69, 9.17) is 0 Å². The largest absolute Gasteiger partial charge is 0.313 e. The Morgan fingerprint density at radius 2 is 2.13 bits per heavy atom. The molecular formula is C10H11F2NOS. The highest BCUT2D eigenvalue weighted by Gasteiger charge is 2.16. The monoisotopic (exact) mass is 231 g/mol. The summed E-state index contributed by atoms with van der Waals surface area (Å²) in [5.41, 5.74) is -0.200. The summed E-state index contributed by atoms with van der Waals surface area (Å²) in [6, 6.07) is 2.00. The second kappa shape index (κ2) is 5.23. The lowest BCUT2D eigenvalue weighted by atomic mass is 10.1. The molecule has 0 unspecified atom stereocenters. The highest BCUT2D eigenvalue weighted by molar-refractivity contribution is 7.98. The lowest BCUT2D eigenvalue weighted by Crippen LogP contribution is -2.20. The van der Waals surface area contributed by atoms with Crippen LogP contribution in [0.1, 0.15) is 10.4 Å². The minimum atomic E-state index is -0.649. The first-order valence-electron chi connectivity index (χ1n) is 4.31. The number of carbonyl (C=O) groups excluding carboxylic acids is 1. The van der Waals surface area contributed by atoms with Gasteiger partial charge in [-0.15, -0.1) is 11.8 Å².